The molecule has 2 aromatic carbocycles. The minimum atomic E-state index is -0.976. The van der Waals surface area contributed by atoms with E-state index in [0.717, 1.165) is 28.7 Å². The summed E-state index contributed by atoms with van der Waals surface area (Å²) in [6.07, 6.45) is 0.917. The number of benzene rings is 2. The summed E-state index contributed by atoms with van der Waals surface area (Å²) in [6.45, 7) is 0.612. The monoisotopic (exact) mass is 383 g/mol. The highest BCUT2D eigenvalue weighted by atomic mass is 19.2. The summed E-state index contributed by atoms with van der Waals surface area (Å²) in [5.74, 6) is -1.24. The van der Waals surface area contributed by atoms with Gasteiger partial charge >= 0.3 is 0 Å². The van der Waals surface area contributed by atoms with E-state index in [1.165, 1.54) is 6.07 Å². The number of aryl methyl sites for hydroxylation is 1. The SMILES string of the molecule is Cn1cc(CNC[C@H](O)c2ccc(F)c(F)c2)c(-c2cc3ccccc3o2)n1. The van der Waals surface area contributed by atoms with Crippen LogP contribution >= 0.6 is 0 Å². The fourth-order valence-corrected chi connectivity index (χ4v) is 3.15. The highest BCUT2D eigenvalue weighted by Gasteiger charge is 2.16. The number of nitrogens with one attached hydrogen (secondary N) is 1. The Labute approximate surface area is 160 Å². The van der Waals surface area contributed by atoms with E-state index >= 15 is 0 Å². The molecule has 0 saturated heterocycles. The van der Waals surface area contributed by atoms with Gasteiger partial charge in [-0.15, -0.1) is 0 Å². The molecule has 0 unspecified atom stereocenters. The van der Waals surface area contributed by atoms with E-state index < -0.39 is 17.7 Å². The third kappa shape index (κ3) is 3.67. The second-order valence-corrected chi connectivity index (χ2v) is 6.65. The molecule has 144 valence electrons. The predicted molar refractivity (Wildman–Crippen MR) is 101 cm³/mol. The van der Waals surface area contributed by atoms with E-state index in [2.05, 4.69) is 10.4 Å². The average molecular weight is 383 g/mol. The van der Waals surface area contributed by atoms with E-state index in [1.807, 2.05) is 43.6 Å². The number of aromatic nitrogens is 2. The molecule has 0 radical (unpaired) electrons. The minimum Gasteiger partial charge on any atom is -0.454 e. The summed E-state index contributed by atoms with van der Waals surface area (Å²) in [6, 6.07) is 13.1. The third-order valence-electron chi connectivity index (χ3n) is 4.55. The van der Waals surface area contributed by atoms with Gasteiger partial charge in [0.15, 0.2) is 17.4 Å². The number of hydrogen-bond donors (Lipinski definition) is 2. The summed E-state index contributed by atoms with van der Waals surface area (Å²) < 4.78 is 34.0. The van der Waals surface area contributed by atoms with Gasteiger partial charge in [0.1, 0.15) is 11.3 Å². The van der Waals surface area contributed by atoms with Crippen LogP contribution in [0.15, 0.2) is 59.1 Å². The molecule has 0 aliphatic carbocycles. The van der Waals surface area contributed by atoms with Crippen LogP contribution in [0, 0.1) is 11.6 Å². The maximum atomic E-state index is 13.3. The molecule has 0 bridgehead atoms. The molecule has 2 N–H and O–H groups in total. The zero-order chi connectivity index (χ0) is 19.7. The van der Waals surface area contributed by atoms with E-state index in [1.54, 1.807) is 4.68 Å². The van der Waals surface area contributed by atoms with Gasteiger partial charge in [-0.3, -0.25) is 4.68 Å². The lowest BCUT2D eigenvalue weighted by atomic mass is 10.1. The molecule has 0 aliphatic heterocycles. The molecule has 0 aliphatic rings. The molecular weight excluding hydrogens is 364 g/mol. The fourth-order valence-electron chi connectivity index (χ4n) is 3.15. The molecule has 2 aromatic heterocycles. The van der Waals surface area contributed by atoms with Crippen molar-refractivity contribution in [1.29, 1.82) is 0 Å². The van der Waals surface area contributed by atoms with Gasteiger partial charge in [0.2, 0.25) is 0 Å². The van der Waals surface area contributed by atoms with Crippen molar-refractivity contribution in [3.05, 3.63) is 77.5 Å². The molecule has 4 aromatic rings. The van der Waals surface area contributed by atoms with E-state index in [4.69, 9.17) is 4.42 Å². The van der Waals surface area contributed by atoms with Crippen LogP contribution in [0.2, 0.25) is 0 Å². The first-order valence-corrected chi connectivity index (χ1v) is 8.86. The predicted octanol–water partition coefficient (Wildman–Crippen LogP) is 3.93. The molecule has 0 fully saturated rings. The van der Waals surface area contributed by atoms with Crippen molar-refractivity contribution in [2.24, 2.45) is 7.05 Å². The Hall–Kier alpha value is -3.03. The number of hydrogen-bond acceptors (Lipinski definition) is 4. The van der Waals surface area contributed by atoms with Gasteiger partial charge in [0.25, 0.3) is 0 Å². The number of nitrogens with zero attached hydrogens (tertiary/aromatic N) is 2. The second-order valence-electron chi connectivity index (χ2n) is 6.65. The fraction of sp³-hybridized carbons (Fsp3) is 0.190. The smallest absolute Gasteiger partial charge is 0.159 e. The molecule has 7 heteroatoms. The third-order valence-corrected chi connectivity index (χ3v) is 4.55. The number of furan rings is 1. The first-order chi connectivity index (χ1) is 13.5. The number of aliphatic hydroxyl groups is 1. The minimum absolute atomic E-state index is 0.180. The molecule has 5 nitrogen and oxygen atoms in total. The summed E-state index contributed by atoms with van der Waals surface area (Å²) >= 11 is 0. The van der Waals surface area contributed by atoms with Crippen LogP contribution in [0.5, 0.6) is 0 Å². The molecule has 0 spiro atoms. The van der Waals surface area contributed by atoms with Crippen molar-refractivity contribution in [3.8, 4) is 11.5 Å². The molecule has 0 amide bonds. The van der Waals surface area contributed by atoms with E-state index in [9.17, 15) is 13.9 Å². The van der Waals surface area contributed by atoms with Crippen molar-refractivity contribution in [3.63, 3.8) is 0 Å². The van der Waals surface area contributed by atoms with Crippen LogP contribution in [0.1, 0.15) is 17.2 Å². The summed E-state index contributed by atoms with van der Waals surface area (Å²) in [5, 5.41) is 18.8. The first-order valence-electron chi connectivity index (χ1n) is 8.86. The van der Waals surface area contributed by atoms with Crippen LogP contribution in [0.4, 0.5) is 8.78 Å². The van der Waals surface area contributed by atoms with Gasteiger partial charge in [-0.05, 0) is 29.8 Å². The number of rotatable bonds is 6. The lowest BCUT2D eigenvalue weighted by Crippen LogP contribution is -2.21. The van der Waals surface area contributed by atoms with Crippen LogP contribution in [-0.2, 0) is 13.6 Å². The van der Waals surface area contributed by atoms with Crippen molar-refractivity contribution < 1.29 is 18.3 Å². The van der Waals surface area contributed by atoms with Crippen LogP contribution < -0.4 is 5.32 Å². The summed E-state index contributed by atoms with van der Waals surface area (Å²) in [5.41, 5.74) is 2.72. The average Bonchev–Trinajstić information content (AvgIpc) is 3.26. The van der Waals surface area contributed by atoms with Crippen molar-refractivity contribution >= 4 is 11.0 Å². The lowest BCUT2D eigenvalue weighted by Gasteiger charge is -2.12. The maximum absolute atomic E-state index is 13.3. The number of halogens is 2. The molecule has 28 heavy (non-hydrogen) atoms. The van der Waals surface area contributed by atoms with Crippen molar-refractivity contribution in [2.75, 3.05) is 6.54 Å². The zero-order valence-electron chi connectivity index (χ0n) is 15.2. The Kier molecular flexibility index (Phi) is 4.93. The molecule has 1 atom stereocenters. The van der Waals surface area contributed by atoms with Gasteiger partial charge in [-0.2, -0.15) is 5.10 Å². The van der Waals surface area contributed by atoms with Crippen LogP contribution in [0.25, 0.3) is 22.4 Å². The largest absolute Gasteiger partial charge is 0.454 e. The van der Waals surface area contributed by atoms with Crippen LogP contribution in [0.3, 0.4) is 0 Å². The van der Waals surface area contributed by atoms with Crippen LogP contribution in [-0.4, -0.2) is 21.4 Å². The normalized spacial score (nSPS) is 12.6. The standard InChI is InChI=1S/C21H19F2N3O2/c1-26-12-15(10-24-11-18(27)13-6-7-16(22)17(23)8-13)21(25-26)20-9-14-4-2-3-5-19(14)28-20/h2-9,12,18,24,27H,10-11H2,1H3/t18-/m0/s1. The Bertz CT molecular complexity index is 1090. The zero-order valence-corrected chi connectivity index (χ0v) is 15.2. The Morgan fingerprint density at radius 3 is 2.75 bits per heavy atom. The topological polar surface area (TPSA) is 63.2 Å². The lowest BCUT2D eigenvalue weighted by molar-refractivity contribution is 0.173. The highest BCUT2D eigenvalue weighted by Crippen LogP contribution is 2.29. The molecule has 0 saturated carbocycles. The first kappa shape index (κ1) is 18.3. The molecule has 2 heterocycles. The van der Waals surface area contributed by atoms with Gasteiger partial charge in [-0.1, -0.05) is 24.3 Å². The second kappa shape index (κ2) is 7.53. The maximum Gasteiger partial charge on any atom is 0.159 e. The van der Waals surface area contributed by atoms with Gasteiger partial charge < -0.3 is 14.8 Å². The summed E-state index contributed by atoms with van der Waals surface area (Å²) in [4.78, 5) is 0. The number of para-hydroxylation sites is 1. The quantitative estimate of drug-likeness (QED) is 0.530. The Morgan fingerprint density at radius 1 is 1.14 bits per heavy atom. The van der Waals surface area contributed by atoms with E-state index in [0.29, 0.717) is 23.6 Å². The number of aliphatic hydroxyl groups excluding tert-OH is 1. The van der Waals surface area contributed by atoms with Crippen molar-refractivity contribution in [2.45, 2.75) is 12.6 Å². The number of fused-ring (bicyclic) bond motifs is 1. The molecule has 4 rings (SSSR count). The summed E-state index contributed by atoms with van der Waals surface area (Å²) in [7, 11) is 1.83. The highest BCUT2D eigenvalue weighted by molar-refractivity contribution is 5.82. The van der Waals surface area contributed by atoms with E-state index in [-0.39, 0.29) is 6.54 Å². The van der Waals surface area contributed by atoms with Gasteiger partial charge in [0, 0.05) is 37.3 Å². The van der Waals surface area contributed by atoms with Gasteiger partial charge in [0.05, 0.1) is 6.10 Å². The Morgan fingerprint density at radius 2 is 1.96 bits per heavy atom. The van der Waals surface area contributed by atoms with Crippen molar-refractivity contribution in [1.82, 2.24) is 15.1 Å². The Balaban J connectivity index is 1.47. The van der Waals surface area contributed by atoms with Gasteiger partial charge in [-0.25, -0.2) is 8.78 Å². The molecular formula is C21H19F2N3O2.